The molecule has 0 unspecified atom stereocenters. The number of rotatable bonds is 12. The molecule has 7 heteroatoms. The SMILES string of the molecule is CC[N+](CC)(CCCCN(Cc1ccc2ccccc2c1)C(=O)c1sc2ccc(Cl)c(Cl)c2c1Cl)Cc1cc(C)cc(C)c1. The van der Waals surface area contributed by atoms with Crippen molar-refractivity contribution in [3.05, 3.63) is 115 Å². The number of fused-ring (bicyclic) bond motifs is 2. The molecule has 0 aliphatic heterocycles. The standard InChI is InChI=1S/C37H40Cl3N2OS/c1-5-42(6-2,24-28-20-25(3)19-26(4)21-28)18-10-9-17-41(23-27-13-14-29-11-7-8-12-30(29)22-27)37(43)36-35(40)33-32(44-36)16-15-31(38)34(33)39/h7-8,11-16,19-22H,5-6,9-10,17-18,23-24H2,1-4H3/q+1. The van der Waals surface area contributed by atoms with Crippen molar-refractivity contribution in [2.45, 2.75) is 53.6 Å². The number of nitrogens with zero attached hydrogens (tertiary/aromatic N) is 2. The number of unbranched alkanes of at least 4 members (excludes halogenated alkanes) is 1. The molecule has 0 saturated carbocycles. The highest BCUT2D eigenvalue weighted by Crippen LogP contribution is 2.43. The highest BCUT2D eigenvalue weighted by atomic mass is 35.5. The molecule has 0 atom stereocenters. The van der Waals surface area contributed by atoms with Crippen molar-refractivity contribution >= 4 is 72.9 Å². The van der Waals surface area contributed by atoms with Gasteiger partial charge in [-0.25, -0.2) is 0 Å². The number of amides is 1. The topological polar surface area (TPSA) is 20.3 Å². The molecule has 1 aromatic heterocycles. The molecule has 0 radical (unpaired) electrons. The summed E-state index contributed by atoms with van der Waals surface area (Å²) >= 11 is 21.0. The Kier molecular flexibility index (Phi) is 10.6. The molecular formula is C37H40Cl3N2OS+. The summed E-state index contributed by atoms with van der Waals surface area (Å²) in [5.41, 5.74) is 5.13. The molecule has 0 fully saturated rings. The highest BCUT2D eigenvalue weighted by Gasteiger charge is 2.27. The van der Waals surface area contributed by atoms with E-state index in [1.54, 1.807) is 6.07 Å². The summed E-state index contributed by atoms with van der Waals surface area (Å²) < 4.78 is 1.89. The van der Waals surface area contributed by atoms with Crippen LogP contribution in [-0.4, -0.2) is 41.5 Å². The van der Waals surface area contributed by atoms with Crippen molar-refractivity contribution in [2.75, 3.05) is 26.2 Å². The van der Waals surface area contributed by atoms with E-state index in [-0.39, 0.29) is 5.91 Å². The number of quaternary nitrogens is 1. The molecule has 0 spiro atoms. The molecule has 3 nitrogen and oxygen atoms in total. The maximum atomic E-state index is 14.2. The van der Waals surface area contributed by atoms with Crippen LogP contribution in [0.25, 0.3) is 20.9 Å². The van der Waals surface area contributed by atoms with E-state index in [1.807, 2.05) is 23.1 Å². The van der Waals surface area contributed by atoms with Crippen LogP contribution >= 0.6 is 46.1 Å². The van der Waals surface area contributed by atoms with Gasteiger partial charge in [0.2, 0.25) is 0 Å². The zero-order valence-electron chi connectivity index (χ0n) is 25.9. The molecule has 5 aromatic rings. The summed E-state index contributed by atoms with van der Waals surface area (Å²) in [4.78, 5) is 16.6. The molecule has 0 saturated heterocycles. The van der Waals surface area contributed by atoms with Crippen LogP contribution in [0.15, 0.2) is 72.8 Å². The van der Waals surface area contributed by atoms with Gasteiger partial charge in [-0.2, -0.15) is 0 Å². The lowest BCUT2D eigenvalue weighted by molar-refractivity contribution is -0.938. The van der Waals surface area contributed by atoms with Crippen LogP contribution in [0.4, 0.5) is 0 Å². The Morgan fingerprint density at radius 1 is 0.795 bits per heavy atom. The van der Waals surface area contributed by atoms with Crippen molar-refractivity contribution in [3.63, 3.8) is 0 Å². The summed E-state index contributed by atoms with van der Waals surface area (Å²) in [5, 5.41) is 4.21. The lowest BCUT2D eigenvalue weighted by Gasteiger charge is -2.37. The molecule has 0 aliphatic carbocycles. The van der Waals surface area contributed by atoms with Crippen molar-refractivity contribution < 1.29 is 9.28 Å². The number of thiophene rings is 1. The number of benzene rings is 4. The summed E-state index contributed by atoms with van der Waals surface area (Å²) in [6, 6.07) is 25.3. The first-order valence-corrected chi connectivity index (χ1v) is 17.3. The Morgan fingerprint density at radius 2 is 1.50 bits per heavy atom. The molecule has 0 N–H and O–H groups in total. The number of halogens is 3. The summed E-state index contributed by atoms with van der Waals surface area (Å²) in [6.07, 6.45) is 1.93. The second kappa shape index (κ2) is 14.2. The fourth-order valence-electron chi connectivity index (χ4n) is 6.32. The zero-order chi connectivity index (χ0) is 31.4. The fourth-order valence-corrected chi connectivity index (χ4v) is 8.36. The van der Waals surface area contributed by atoms with Gasteiger partial charge in [0, 0.05) is 28.7 Å². The molecule has 1 heterocycles. The van der Waals surface area contributed by atoms with Gasteiger partial charge in [-0.3, -0.25) is 4.79 Å². The Bertz CT molecular complexity index is 1770. The van der Waals surface area contributed by atoms with Gasteiger partial charge in [0.25, 0.3) is 5.91 Å². The molecule has 230 valence electrons. The molecule has 4 aromatic carbocycles. The van der Waals surface area contributed by atoms with Crippen molar-refractivity contribution in [1.82, 2.24) is 4.90 Å². The zero-order valence-corrected chi connectivity index (χ0v) is 29.0. The van der Waals surface area contributed by atoms with Crippen LogP contribution in [0.3, 0.4) is 0 Å². The Labute approximate surface area is 280 Å². The first-order chi connectivity index (χ1) is 21.1. The predicted molar refractivity (Wildman–Crippen MR) is 191 cm³/mol. The van der Waals surface area contributed by atoms with Crippen LogP contribution in [0.2, 0.25) is 15.1 Å². The van der Waals surface area contributed by atoms with E-state index < -0.39 is 0 Å². The van der Waals surface area contributed by atoms with Gasteiger partial charge in [0.1, 0.15) is 11.4 Å². The van der Waals surface area contributed by atoms with Gasteiger partial charge in [-0.05, 0) is 75.1 Å². The Balaban J connectivity index is 1.37. The van der Waals surface area contributed by atoms with Crippen LogP contribution in [-0.2, 0) is 13.1 Å². The van der Waals surface area contributed by atoms with Gasteiger partial charge in [-0.1, -0.05) is 101 Å². The number of hydrogen-bond donors (Lipinski definition) is 0. The van der Waals surface area contributed by atoms with Gasteiger partial charge in [0.15, 0.2) is 0 Å². The second-order valence-electron chi connectivity index (χ2n) is 11.9. The van der Waals surface area contributed by atoms with Crippen LogP contribution < -0.4 is 0 Å². The average Bonchev–Trinajstić information content (AvgIpc) is 3.35. The Hall–Kier alpha value is -2.60. The normalized spacial score (nSPS) is 11.9. The van der Waals surface area contributed by atoms with E-state index in [1.165, 1.54) is 33.4 Å². The van der Waals surface area contributed by atoms with Gasteiger partial charge in [0.05, 0.1) is 34.7 Å². The van der Waals surface area contributed by atoms with E-state index in [2.05, 4.69) is 76.2 Å². The van der Waals surface area contributed by atoms with E-state index >= 15 is 0 Å². The van der Waals surface area contributed by atoms with E-state index in [0.717, 1.165) is 59.2 Å². The molecule has 1 amide bonds. The van der Waals surface area contributed by atoms with Crippen molar-refractivity contribution in [1.29, 1.82) is 0 Å². The molecule has 0 bridgehead atoms. The number of carbonyl (C=O) groups excluding carboxylic acids is 1. The van der Waals surface area contributed by atoms with Crippen LogP contribution in [0, 0.1) is 13.8 Å². The second-order valence-corrected chi connectivity index (χ2v) is 14.2. The first-order valence-electron chi connectivity index (χ1n) is 15.4. The van der Waals surface area contributed by atoms with Crippen molar-refractivity contribution in [2.24, 2.45) is 0 Å². The molecule has 0 aliphatic rings. The minimum Gasteiger partial charge on any atom is -0.334 e. The number of carbonyl (C=O) groups is 1. The number of aryl methyl sites for hydroxylation is 2. The molecular weight excluding hydrogens is 627 g/mol. The largest absolute Gasteiger partial charge is 0.334 e. The lowest BCUT2D eigenvalue weighted by atomic mass is 10.1. The minimum atomic E-state index is -0.0708. The summed E-state index contributed by atoms with van der Waals surface area (Å²) in [6.45, 7) is 14.3. The lowest BCUT2D eigenvalue weighted by Crippen LogP contribution is -2.47. The summed E-state index contributed by atoms with van der Waals surface area (Å²) in [5.74, 6) is -0.0708. The van der Waals surface area contributed by atoms with Gasteiger partial charge < -0.3 is 9.38 Å². The fraction of sp³-hybridized carbons (Fsp3) is 0.324. The smallest absolute Gasteiger partial charge is 0.265 e. The number of hydrogen-bond acceptors (Lipinski definition) is 2. The van der Waals surface area contributed by atoms with E-state index in [0.29, 0.717) is 38.4 Å². The third kappa shape index (κ3) is 7.27. The summed E-state index contributed by atoms with van der Waals surface area (Å²) in [7, 11) is 0. The first kappa shape index (κ1) is 32.8. The molecule has 5 rings (SSSR count). The highest BCUT2D eigenvalue weighted by molar-refractivity contribution is 7.21. The van der Waals surface area contributed by atoms with Gasteiger partial charge in [-0.15, -0.1) is 11.3 Å². The third-order valence-corrected chi connectivity index (χ3v) is 11.2. The molecule has 44 heavy (non-hydrogen) atoms. The minimum absolute atomic E-state index is 0.0708. The predicted octanol–water partition coefficient (Wildman–Crippen LogP) is 11.1. The van der Waals surface area contributed by atoms with Crippen LogP contribution in [0.1, 0.15) is 58.6 Å². The van der Waals surface area contributed by atoms with Crippen LogP contribution in [0.5, 0.6) is 0 Å². The average molecular weight is 667 g/mol. The van der Waals surface area contributed by atoms with Crippen molar-refractivity contribution in [3.8, 4) is 0 Å². The Morgan fingerprint density at radius 3 is 2.20 bits per heavy atom. The van der Waals surface area contributed by atoms with E-state index in [4.69, 9.17) is 34.8 Å². The third-order valence-electron chi connectivity index (χ3n) is 8.81. The van der Waals surface area contributed by atoms with Gasteiger partial charge >= 0.3 is 0 Å². The maximum absolute atomic E-state index is 14.2. The quantitative estimate of drug-likeness (QED) is 0.0958. The van der Waals surface area contributed by atoms with E-state index in [9.17, 15) is 4.79 Å². The monoisotopic (exact) mass is 665 g/mol. The maximum Gasteiger partial charge on any atom is 0.265 e.